The fourth-order valence-corrected chi connectivity index (χ4v) is 3.25. The quantitative estimate of drug-likeness (QED) is 0.806. The molecule has 118 valence electrons. The topological polar surface area (TPSA) is 58.2 Å². The number of nitrogens with one attached hydrogen (secondary N) is 2. The van der Waals surface area contributed by atoms with Crippen molar-refractivity contribution in [2.45, 2.75) is 26.7 Å². The summed E-state index contributed by atoms with van der Waals surface area (Å²) < 4.78 is 26.0. The molecule has 0 radical (unpaired) electrons. The van der Waals surface area contributed by atoms with E-state index in [4.69, 9.17) is 0 Å². The third kappa shape index (κ3) is 4.77. The van der Waals surface area contributed by atoms with E-state index in [0.717, 1.165) is 17.8 Å². The summed E-state index contributed by atoms with van der Waals surface area (Å²) in [4.78, 5) is 0. The molecule has 2 rings (SSSR count). The molecule has 0 heterocycles. The second kappa shape index (κ2) is 7.31. The molecule has 0 bridgehead atoms. The molecule has 0 aliphatic heterocycles. The number of aryl methyl sites for hydroxylation is 1. The molecule has 0 aliphatic carbocycles. The molecule has 0 saturated carbocycles. The summed E-state index contributed by atoms with van der Waals surface area (Å²) in [7, 11) is -3.23. The Morgan fingerprint density at radius 3 is 1.82 bits per heavy atom. The molecule has 0 unspecified atom stereocenters. The van der Waals surface area contributed by atoms with Crippen molar-refractivity contribution >= 4 is 27.1 Å². The average molecular weight is 318 g/mol. The molecule has 0 atom stereocenters. The standard InChI is InChI=1S/C17H22N2O2S/c1-3-13-22(20,21)19-17-11-9-16(10-12-17)18-15-7-5-14(4-2)6-8-15/h5-12,18-19H,3-4,13H2,1-2H3. The van der Waals surface area contributed by atoms with Crippen LogP contribution >= 0.6 is 0 Å². The minimum Gasteiger partial charge on any atom is -0.356 e. The van der Waals surface area contributed by atoms with E-state index in [2.05, 4.69) is 29.1 Å². The minimum absolute atomic E-state index is 0.136. The minimum atomic E-state index is -3.23. The zero-order valence-electron chi connectivity index (χ0n) is 13.0. The summed E-state index contributed by atoms with van der Waals surface area (Å²) in [5.41, 5.74) is 3.81. The van der Waals surface area contributed by atoms with Crippen molar-refractivity contribution in [3.8, 4) is 0 Å². The van der Waals surface area contributed by atoms with Crippen molar-refractivity contribution in [2.75, 3.05) is 15.8 Å². The van der Waals surface area contributed by atoms with Gasteiger partial charge in [0.2, 0.25) is 10.0 Å². The van der Waals surface area contributed by atoms with Crippen molar-refractivity contribution in [2.24, 2.45) is 0 Å². The molecule has 0 fully saturated rings. The van der Waals surface area contributed by atoms with Crippen LogP contribution in [0, 0.1) is 0 Å². The van der Waals surface area contributed by atoms with Crippen LogP contribution in [0.5, 0.6) is 0 Å². The van der Waals surface area contributed by atoms with Gasteiger partial charge in [-0.15, -0.1) is 0 Å². The molecule has 2 aromatic rings. The van der Waals surface area contributed by atoms with Crippen LogP contribution in [0.25, 0.3) is 0 Å². The Labute approximate surface area is 132 Å². The molecule has 5 heteroatoms. The van der Waals surface area contributed by atoms with Crippen molar-refractivity contribution in [1.29, 1.82) is 0 Å². The highest BCUT2D eigenvalue weighted by Crippen LogP contribution is 2.20. The normalized spacial score (nSPS) is 11.2. The van der Waals surface area contributed by atoms with Crippen molar-refractivity contribution < 1.29 is 8.42 Å². The maximum Gasteiger partial charge on any atom is 0.232 e. The molecular weight excluding hydrogens is 296 g/mol. The van der Waals surface area contributed by atoms with Crippen LogP contribution in [0.15, 0.2) is 48.5 Å². The fourth-order valence-electron chi connectivity index (χ4n) is 2.11. The molecule has 4 nitrogen and oxygen atoms in total. The van der Waals surface area contributed by atoms with Crippen LogP contribution in [0.3, 0.4) is 0 Å². The van der Waals surface area contributed by atoms with Crippen LogP contribution < -0.4 is 10.0 Å². The maximum absolute atomic E-state index is 11.7. The van der Waals surface area contributed by atoms with Gasteiger partial charge in [0.05, 0.1) is 5.75 Å². The van der Waals surface area contributed by atoms with Gasteiger partial charge in [0.1, 0.15) is 0 Å². The van der Waals surface area contributed by atoms with Gasteiger partial charge in [-0.25, -0.2) is 8.42 Å². The Bertz CT molecular complexity index is 692. The van der Waals surface area contributed by atoms with Crippen LogP contribution in [-0.2, 0) is 16.4 Å². The molecule has 0 spiro atoms. The van der Waals surface area contributed by atoms with Crippen LogP contribution in [0.2, 0.25) is 0 Å². The summed E-state index contributed by atoms with van der Waals surface area (Å²) in [5, 5.41) is 3.29. The lowest BCUT2D eigenvalue weighted by atomic mass is 10.1. The number of hydrogen-bond acceptors (Lipinski definition) is 3. The summed E-state index contributed by atoms with van der Waals surface area (Å²) >= 11 is 0. The molecule has 22 heavy (non-hydrogen) atoms. The predicted octanol–water partition coefficient (Wildman–Crippen LogP) is 4.14. The van der Waals surface area contributed by atoms with Gasteiger partial charge in [-0.2, -0.15) is 0 Å². The van der Waals surface area contributed by atoms with Crippen LogP contribution in [0.1, 0.15) is 25.8 Å². The monoisotopic (exact) mass is 318 g/mol. The number of rotatable bonds is 7. The Morgan fingerprint density at radius 1 is 0.818 bits per heavy atom. The van der Waals surface area contributed by atoms with E-state index in [1.165, 1.54) is 5.56 Å². The maximum atomic E-state index is 11.7. The van der Waals surface area contributed by atoms with Gasteiger partial charge in [0.25, 0.3) is 0 Å². The summed E-state index contributed by atoms with van der Waals surface area (Å²) in [6, 6.07) is 15.5. The van der Waals surface area contributed by atoms with E-state index in [1.807, 2.05) is 31.2 Å². The van der Waals surface area contributed by atoms with E-state index in [1.54, 1.807) is 12.1 Å². The summed E-state index contributed by atoms with van der Waals surface area (Å²) in [6.45, 7) is 3.97. The van der Waals surface area contributed by atoms with Crippen molar-refractivity contribution in [3.05, 3.63) is 54.1 Å². The number of sulfonamides is 1. The van der Waals surface area contributed by atoms with Gasteiger partial charge < -0.3 is 5.32 Å². The molecule has 0 aromatic heterocycles. The van der Waals surface area contributed by atoms with Crippen molar-refractivity contribution in [1.82, 2.24) is 0 Å². The van der Waals surface area contributed by atoms with Gasteiger partial charge in [0, 0.05) is 17.1 Å². The van der Waals surface area contributed by atoms with Gasteiger partial charge >= 0.3 is 0 Å². The largest absolute Gasteiger partial charge is 0.356 e. The Morgan fingerprint density at radius 2 is 1.32 bits per heavy atom. The van der Waals surface area contributed by atoms with Gasteiger partial charge in [-0.1, -0.05) is 26.0 Å². The molecule has 0 amide bonds. The zero-order valence-corrected chi connectivity index (χ0v) is 13.8. The molecule has 0 aliphatic rings. The summed E-state index contributed by atoms with van der Waals surface area (Å²) in [5.74, 6) is 0.136. The first-order valence-electron chi connectivity index (χ1n) is 7.49. The van der Waals surface area contributed by atoms with Gasteiger partial charge in [-0.05, 0) is 54.8 Å². The highest BCUT2D eigenvalue weighted by molar-refractivity contribution is 7.92. The Balaban J connectivity index is 2.02. The summed E-state index contributed by atoms with van der Waals surface area (Å²) in [6.07, 6.45) is 1.62. The third-order valence-corrected chi connectivity index (χ3v) is 4.77. The lowest BCUT2D eigenvalue weighted by molar-refractivity contribution is 0.600. The number of benzene rings is 2. The van der Waals surface area contributed by atoms with Crippen LogP contribution in [0.4, 0.5) is 17.1 Å². The first-order valence-corrected chi connectivity index (χ1v) is 9.14. The van der Waals surface area contributed by atoms with E-state index in [9.17, 15) is 8.42 Å². The number of hydrogen-bond donors (Lipinski definition) is 2. The smallest absolute Gasteiger partial charge is 0.232 e. The SMILES string of the molecule is CCCS(=O)(=O)Nc1ccc(Nc2ccc(CC)cc2)cc1. The first kappa shape index (κ1) is 16.4. The van der Waals surface area contributed by atoms with Gasteiger partial charge in [-0.3, -0.25) is 4.72 Å². The number of anilines is 3. The van der Waals surface area contributed by atoms with Gasteiger partial charge in [0.15, 0.2) is 0 Å². The second-order valence-corrected chi connectivity index (χ2v) is 7.02. The van der Waals surface area contributed by atoms with Crippen molar-refractivity contribution in [3.63, 3.8) is 0 Å². The Kier molecular flexibility index (Phi) is 5.44. The zero-order chi connectivity index (χ0) is 16.0. The average Bonchev–Trinajstić information content (AvgIpc) is 2.49. The molecular formula is C17H22N2O2S. The van der Waals surface area contributed by atoms with E-state index < -0.39 is 10.0 Å². The first-order chi connectivity index (χ1) is 10.5. The molecule has 2 N–H and O–H groups in total. The predicted molar refractivity (Wildman–Crippen MR) is 93.2 cm³/mol. The van der Waals surface area contributed by atoms with E-state index >= 15 is 0 Å². The molecule has 2 aromatic carbocycles. The fraction of sp³-hybridized carbons (Fsp3) is 0.294. The van der Waals surface area contributed by atoms with Crippen LogP contribution in [-0.4, -0.2) is 14.2 Å². The Hall–Kier alpha value is -2.01. The lowest BCUT2D eigenvalue weighted by Crippen LogP contribution is -2.15. The highest BCUT2D eigenvalue weighted by Gasteiger charge is 2.08. The highest BCUT2D eigenvalue weighted by atomic mass is 32.2. The second-order valence-electron chi connectivity index (χ2n) is 5.17. The molecule has 0 saturated heterocycles. The lowest BCUT2D eigenvalue weighted by Gasteiger charge is -2.10. The van der Waals surface area contributed by atoms with E-state index in [0.29, 0.717) is 12.1 Å². The van der Waals surface area contributed by atoms with E-state index in [-0.39, 0.29) is 5.75 Å². The third-order valence-electron chi connectivity index (χ3n) is 3.28.